The maximum absolute atomic E-state index is 13.1. The Kier molecular flexibility index (Phi) is 7.04. The molecule has 2 heterocycles. The predicted octanol–water partition coefficient (Wildman–Crippen LogP) is 3.40. The topological polar surface area (TPSA) is 54.3 Å². The third-order valence-electron chi connectivity index (χ3n) is 5.65. The van der Waals surface area contributed by atoms with Crippen molar-refractivity contribution in [2.24, 2.45) is 0 Å². The van der Waals surface area contributed by atoms with Crippen molar-refractivity contribution in [2.45, 2.75) is 32.4 Å². The third-order valence-corrected chi connectivity index (χ3v) is 5.65. The van der Waals surface area contributed by atoms with Gasteiger partial charge in [0.25, 0.3) is 5.91 Å². The van der Waals surface area contributed by atoms with Crippen LogP contribution in [0, 0.1) is 5.82 Å². The summed E-state index contributed by atoms with van der Waals surface area (Å²) in [4.78, 5) is 17.1. The molecule has 6 nitrogen and oxygen atoms in total. The van der Waals surface area contributed by atoms with Gasteiger partial charge in [0.15, 0.2) is 5.69 Å². The van der Waals surface area contributed by atoms with E-state index >= 15 is 0 Å². The number of nitrogens with zero attached hydrogens (tertiary/aromatic N) is 5. The molecule has 1 saturated heterocycles. The van der Waals surface area contributed by atoms with Crippen molar-refractivity contribution in [3.05, 3.63) is 83.4 Å². The highest BCUT2D eigenvalue weighted by Crippen LogP contribution is 2.12. The Hall–Kier alpha value is -3.06. The second-order valence-corrected chi connectivity index (χ2v) is 8.00. The second-order valence-electron chi connectivity index (χ2n) is 8.00. The van der Waals surface area contributed by atoms with Crippen LogP contribution in [-0.2, 0) is 19.5 Å². The fourth-order valence-corrected chi connectivity index (χ4v) is 3.94. The maximum atomic E-state index is 13.1. The summed E-state index contributed by atoms with van der Waals surface area (Å²) in [6, 6.07) is 17.0. The van der Waals surface area contributed by atoms with Crippen LogP contribution in [0.3, 0.4) is 0 Å². The van der Waals surface area contributed by atoms with Crippen LogP contribution in [0.1, 0.15) is 34.5 Å². The first-order chi connectivity index (χ1) is 15.2. The highest BCUT2D eigenvalue weighted by atomic mass is 19.1. The highest BCUT2D eigenvalue weighted by molar-refractivity contribution is 5.91. The molecule has 0 bridgehead atoms. The Morgan fingerprint density at radius 1 is 0.935 bits per heavy atom. The van der Waals surface area contributed by atoms with E-state index in [1.807, 2.05) is 35.2 Å². The molecule has 0 aliphatic carbocycles. The van der Waals surface area contributed by atoms with Gasteiger partial charge in [0, 0.05) is 39.3 Å². The van der Waals surface area contributed by atoms with Gasteiger partial charge in [0.05, 0.1) is 6.20 Å². The van der Waals surface area contributed by atoms with Gasteiger partial charge < -0.3 is 4.90 Å². The summed E-state index contributed by atoms with van der Waals surface area (Å²) in [6.45, 7) is 4.56. The summed E-state index contributed by atoms with van der Waals surface area (Å²) in [5.41, 5.74) is 2.79. The standard InChI is InChI=1S/C24H28FN5O/c25-22-11-9-21(10-12-22)18-28-13-5-14-29(17-16-28)24(31)23-19-30(27-26-23)15-4-8-20-6-2-1-3-7-20/h1-3,6-7,9-12,19H,4-5,8,13-18H2. The van der Waals surface area contributed by atoms with Crippen LogP contribution >= 0.6 is 0 Å². The van der Waals surface area contributed by atoms with Crippen LogP contribution in [-0.4, -0.2) is 56.9 Å². The summed E-state index contributed by atoms with van der Waals surface area (Å²) < 4.78 is 14.9. The minimum Gasteiger partial charge on any atom is -0.336 e. The molecular formula is C24H28FN5O. The van der Waals surface area contributed by atoms with E-state index in [2.05, 4.69) is 27.3 Å². The molecule has 0 saturated carbocycles. The largest absolute Gasteiger partial charge is 0.336 e. The highest BCUT2D eigenvalue weighted by Gasteiger charge is 2.22. The molecule has 2 aromatic carbocycles. The summed E-state index contributed by atoms with van der Waals surface area (Å²) in [6.07, 6.45) is 4.58. The maximum Gasteiger partial charge on any atom is 0.276 e. The Bertz CT molecular complexity index is 973. The number of rotatable bonds is 7. The summed E-state index contributed by atoms with van der Waals surface area (Å²) in [5.74, 6) is -0.276. The summed E-state index contributed by atoms with van der Waals surface area (Å²) in [5, 5.41) is 8.26. The molecule has 1 amide bonds. The zero-order chi connectivity index (χ0) is 21.5. The first-order valence-corrected chi connectivity index (χ1v) is 10.9. The van der Waals surface area contributed by atoms with Crippen LogP contribution in [0.2, 0.25) is 0 Å². The van der Waals surface area contributed by atoms with Crippen LogP contribution in [0.25, 0.3) is 0 Å². The Morgan fingerprint density at radius 3 is 2.55 bits per heavy atom. The summed E-state index contributed by atoms with van der Waals surface area (Å²) >= 11 is 0. The lowest BCUT2D eigenvalue weighted by Gasteiger charge is -2.21. The number of halogens is 1. The zero-order valence-corrected chi connectivity index (χ0v) is 17.7. The van der Waals surface area contributed by atoms with E-state index in [-0.39, 0.29) is 11.7 Å². The molecule has 1 aliphatic heterocycles. The van der Waals surface area contributed by atoms with Crippen molar-refractivity contribution in [2.75, 3.05) is 26.2 Å². The van der Waals surface area contributed by atoms with Gasteiger partial charge in [0.1, 0.15) is 5.82 Å². The lowest BCUT2D eigenvalue weighted by molar-refractivity contribution is 0.0755. The van der Waals surface area contributed by atoms with Gasteiger partial charge in [0.2, 0.25) is 0 Å². The van der Waals surface area contributed by atoms with Gasteiger partial charge in [-0.2, -0.15) is 0 Å². The van der Waals surface area contributed by atoms with Crippen molar-refractivity contribution >= 4 is 5.91 Å². The number of benzene rings is 2. The first kappa shape index (κ1) is 21.2. The van der Waals surface area contributed by atoms with Gasteiger partial charge in [-0.1, -0.05) is 47.7 Å². The SMILES string of the molecule is O=C(c1cn(CCCc2ccccc2)nn1)N1CCCN(Cc2ccc(F)cc2)CC1. The minimum absolute atomic E-state index is 0.0575. The third kappa shape index (κ3) is 5.98. The van der Waals surface area contributed by atoms with Crippen molar-refractivity contribution in [3.63, 3.8) is 0 Å². The molecule has 0 unspecified atom stereocenters. The number of carbonyl (C=O) groups excluding carboxylic acids is 1. The first-order valence-electron chi connectivity index (χ1n) is 10.9. The molecule has 0 N–H and O–H groups in total. The van der Waals surface area contributed by atoms with Gasteiger partial charge in [-0.05, 0) is 42.5 Å². The van der Waals surface area contributed by atoms with Crippen LogP contribution < -0.4 is 0 Å². The summed E-state index contributed by atoms with van der Waals surface area (Å²) in [7, 11) is 0. The average Bonchev–Trinajstić information content (AvgIpc) is 3.14. The Labute approximate surface area is 182 Å². The molecule has 162 valence electrons. The molecule has 3 aromatic rings. The van der Waals surface area contributed by atoms with E-state index < -0.39 is 0 Å². The van der Waals surface area contributed by atoms with E-state index in [0.717, 1.165) is 51.0 Å². The molecule has 4 rings (SSSR count). The molecule has 1 aliphatic rings. The quantitative estimate of drug-likeness (QED) is 0.587. The number of aryl methyl sites for hydroxylation is 2. The normalized spacial score (nSPS) is 15.1. The molecule has 1 aromatic heterocycles. The predicted molar refractivity (Wildman–Crippen MR) is 117 cm³/mol. The fourth-order valence-electron chi connectivity index (χ4n) is 3.94. The number of hydrogen-bond acceptors (Lipinski definition) is 4. The van der Waals surface area contributed by atoms with Gasteiger partial charge in [-0.15, -0.1) is 5.10 Å². The minimum atomic E-state index is -0.218. The van der Waals surface area contributed by atoms with E-state index in [0.29, 0.717) is 18.8 Å². The van der Waals surface area contributed by atoms with Gasteiger partial charge in [-0.25, -0.2) is 4.39 Å². The van der Waals surface area contributed by atoms with E-state index in [1.165, 1.54) is 17.7 Å². The molecule has 7 heteroatoms. The van der Waals surface area contributed by atoms with Crippen molar-refractivity contribution < 1.29 is 9.18 Å². The van der Waals surface area contributed by atoms with E-state index in [1.54, 1.807) is 10.9 Å². The van der Waals surface area contributed by atoms with Crippen LogP contribution in [0.5, 0.6) is 0 Å². The van der Waals surface area contributed by atoms with E-state index in [9.17, 15) is 9.18 Å². The number of amides is 1. The monoisotopic (exact) mass is 421 g/mol. The van der Waals surface area contributed by atoms with Crippen molar-refractivity contribution in [1.29, 1.82) is 0 Å². The lowest BCUT2D eigenvalue weighted by Crippen LogP contribution is -2.35. The molecule has 0 radical (unpaired) electrons. The number of aromatic nitrogens is 3. The number of hydrogen-bond donors (Lipinski definition) is 0. The average molecular weight is 422 g/mol. The van der Waals surface area contributed by atoms with Crippen molar-refractivity contribution in [3.8, 4) is 0 Å². The van der Waals surface area contributed by atoms with Crippen molar-refractivity contribution in [1.82, 2.24) is 24.8 Å². The fraction of sp³-hybridized carbons (Fsp3) is 0.375. The smallest absolute Gasteiger partial charge is 0.276 e. The van der Waals surface area contributed by atoms with Gasteiger partial charge >= 0.3 is 0 Å². The molecule has 1 fully saturated rings. The van der Waals surface area contributed by atoms with Crippen LogP contribution in [0.15, 0.2) is 60.8 Å². The zero-order valence-electron chi connectivity index (χ0n) is 17.7. The second kappa shape index (κ2) is 10.3. The molecule has 0 spiro atoms. The number of carbonyl (C=O) groups is 1. The molecule has 0 atom stereocenters. The van der Waals surface area contributed by atoms with Gasteiger partial charge in [-0.3, -0.25) is 14.4 Å². The molecular weight excluding hydrogens is 393 g/mol. The van der Waals surface area contributed by atoms with Crippen LogP contribution in [0.4, 0.5) is 4.39 Å². The Balaban J connectivity index is 1.27. The Morgan fingerprint density at radius 2 is 1.74 bits per heavy atom. The lowest BCUT2D eigenvalue weighted by atomic mass is 10.1. The molecule has 31 heavy (non-hydrogen) atoms. The van der Waals surface area contributed by atoms with E-state index in [4.69, 9.17) is 0 Å².